The van der Waals surface area contributed by atoms with Crippen LogP contribution in [0.4, 0.5) is 0 Å². The van der Waals surface area contributed by atoms with Gasteiger partial charge in [-0.05, 0) is 61.9 Å². The van der Waals surface area contributed by atoms with Crippen molar-refractivity contribution < 1.29 is 9.59 Å². The van der Waals surface area contributed by atoms with Crippen LogP contribution in [0, 0.1) is 12.3 Å². The van der Waals surface area contributed by atoms with Crippen molar-refractivity contribution in [3.05, 3.63) is 89.7 Å². The van der Waals surface area contributed by atoms with E-state index in [0.717, 1.165) is 29.5 Å². The van der Waals surface area contributed by atoms with Gasteiger partial charge in [-0.3, -0.25) is 14.6 Å². The third-order valence-corrected chi connectivity index (χ3v) is 6.50. The van der Waals surface area contributed by atoms with Crippen LogP contribution in [-0.4, -0.2) is 41.3 Å². The van der Waals surface area contributed by atoms with E-state index in [4.69, 9.17) is 0 Å². The van der Waals surface area contributed by atoms with E-state index in [0.29, 0.717) is 31.6 Å². The Labute approximate surface area is 195 Å². The fourth-order valence-corrected chi connectivity index (χ4v) is 4.79. The molecule has 0 bridgehead atoms. The average molecular weight is 442 g/mol. The maximum atomic E-state index is 13.5. The topological polar surface area (TPSA) is 62.3 Å². The summed E-state index contributed by atoms with van der Waals surface area (Å²) in [6.07, 6.45) is 5.37. The molecule has 0 radical (unpaired) electrons. The molecule has 2 amide bonds. The number of benzene rings is 2. The van der Waals surface area contributed by atoms with Crippen molar-refractivity contribution in [3.63, 3.8) is 0 Å². The van der Waals surface area contributed by atoms with E-state index in [1.165, 1.54) is 5.56 Å². The third kappa shape index (κ3) is 4.98. The summed E-state index contributed by atoms with van der Waals surface area (Å²) < 4.78 is 0. The van der Waals surface area contributed by atoms with Crippen LogP contribution in [0.5, 0.6) is 0 Å². The lowest BCUT2D eigenvalue weighted by molar-refractivity contribution is -0.133. The fraction of sp³-hybridized carbons (Fsp3) is 0.321. The van der Waals surface area contributed by atoms with Crippen molar-refractivity contribution >= 4 is 11.8 Å². The third-order valence-electron chi connectivity index (χ3n) is 6.50. The van der Waals surface area contributed by atoms with Crippen LogP contribution < -0.4 is 5.32 Å². The van der Waals surface area contributed by atoms with Gasteiger partial charge in [0.05, 0.1) is 11.0 Å². The van der Waals surface area contributed by atoms with Gasteiger partial charge < -0.3 is 10.2 Å². The van der Waals surface area contributed by atoms with Crippen molar-refractivity contribution in [1.82, 2.24) is 15.2 Å². The highest BCUT2D eigenvalue weighted by Crippen LogP contribution is 2.37. The minimum Gasteiger partial charge on any atom is -0.356 e. The van der Waals surface area contributed by atoms with Crippen molar-refractivity contribution in [2.45, 2.75) is 33.1 Å². The van der Waals surface area contributed by atoms with Gasteiger partial charge in [-0.15, -0.1) is 0 Å². The van der Waals surface area contributed by atoms with Crippen molar-refractivity contribution in [3.8, 4) is 11.1 Å². The van der Waals surface area contributed by atoms with Gasteiger partial charge in [0, 0.05) is 32.0 Å². The van der Waals surface area contributed by atoms with E-state index in [1.807, 2.05) is 24.0 Å². The molecule has 0 unspecified atom stereocenters. The molecule has 0 spiro atoms. The maximum absolute atomic E-state index is 13.5. The standard InChI is InChI=1S/C28H31N3O2/c1-3-30-27(33)28(15-7-17-31(20-28)26(32)24-9-6-16-29-19-24)18-23-8-4-5-10-25(23)22-13-11-21(2)12-14-22/h4-6,8-14,16,19H,3,7,15,17-18,20H2,1-2H3,(H,30,33)/t28-/m0/s1. The molecule has 1 fully saturated rings. The van der Waals surface area contributed by atoms with Crippen molar-refractivity contribution in [2.75, 3.05) is 19.6 Å². The molecule has 1 aliphatic heterocycles. The first-order valence-electron chi connectivity index (χ1n) is 11.6. The summed E-state index contributed by atoms with van der Waals surface area (Å²) in [6.45, 7) is 5.63. The van der Waals surface area contributed by atoms with Crippen LogP contribution in [0.3, 0.4) is 0 Å². The molecule has 5 nitrogen and oxygen atoms in total. The summed E-state index contributed by atoms with van der Waals surface area (Å²) in [4.78, 5) is 32.6. The molecule has 2 heterocycles. The van der Waals surface area contributed by atoms with E-state index >= 15 is 0 Å². The number of pyridine rings is 1. The van der Waals surface area contributed by atoms with E-state index in [2.05, 4.69) is 53.6 Å². The summed E-state index contributed by atoms with van der Waals surface area (Å²) in [7, 11) is 0. The van der Waals surface area contributed by atoms with E-state index in [9.17, 15) is 9.59 Å². The average Bonchev–Trinajstić information content (AvgIpc) is 2.85. The molecule has 170 valence electrons. The van der Waals surface area contributed by atoms with E-state index < -0.39 is 5.41 Å². The van der Waals surface area contributed by atoms with E-state index in [-0.39, 0.29) is 11.8 Å². The summed E-state index contributed by atoms with van der Waals surface area (Å²) in [6, 6.07) is 20.3. The molecular weight excluding hydrogens is 410 g/mol. The van der Waals surface area contributed by atoms with Crippen LogP contribution in [0.1, 0.15) is 41.3 Å². The number of amides is 2. The quantitative estimate of drug-likeness (QED) is 0.605. The number of piperidine rings is 1. The summed E-state index contributed by atoms with van der Waals surface area (Å²) in [5.74, 6) is -0.0457. The molecule has 5 heteroatoms. The first-order chi connectivity index (χ1) is 16.0. The highest BCUT2D eigenvalue weighted by Gasteiger charge is 2.43. The Morgan fingerprint density at radius 2 is 1.85 bits per heavy atom. The van der Waals surface area contributed by atoms with Crippen LogP contribution >= 0.6 is 0 Å². The number of aryl methyl sites for hydroxylation is 1. The molecule has 33 heavy (non-hydrogen) atoms. The minimum atomic E-state index is -0.674. The van der Waals surface area contributed by atoms with E-state index in [1.54, 1.807) is 24.5 Å². The Morgan fingerprint density at radius 1 is 1.06 bits per heavy atom. The SMILES string of the molecule is CCNC(=O)[C@]1(Cc2ccccc2-c2ccc(C)cc2)CCCN(C(=O)c2cccnc2)C1. The first kappa shape index (κ1) is 22.7. The highest BCUT2D eigenvalue weighted by molar-refractivity contribution is 5.94. The predicted molar refractivity (Wildman–Crippen MR) is 131 cm³/mol. The number of rotatable bonds is 6. The molecule has 3 aromatic rings. The number of nitrogens with one attached hydrogen (secondary N) is 1. The minimum absolute atomic E-state index is 0.0207. The van der Waals surface area contributed by atoms with Gasteiger partial charge in [0.15, 0.2) is 0 Å². The largest absolute Gasteiger partial charge is 0.356 e. The summed E-state index contributed by atoms with van der Waals surface area (Å²) >= 11 is 0. The molecule has 2 aromatic carbocycles. The first-order valence-corrected chi connectivity index (χ1v) is 11.6. The lowest BCUT2D eigenvalue weighted by Crippen LogP contribution is -2.54. The fourth-order valence-electron chi connectivity index (χ4n) is 4.79. The van der Waals surface area contributed by atoms with Crippen LogP contribution in [0.25, 0.3) is 11.1 Å². The van der Waals surface area contributed by atoms with Gasteiger partial charge in [-0.25, -0.2) is 0 Å². The Balaban J connectivity index is 1.68. The Morgan fingerprint density at radius 3 is 2.58 bits per heavy atom. The second-order valence-electron chi connectivity index (χ2n) is 8.91. The van der Waals surface area contributed by atoms with Gasteiger partial charge >= 0.3 is 0 Å². The lowest BCUT2D eigenvalue weighted by atomic mass is 9.73. The van der Waals surface area contributed by atoms with Crippen molar-refractivity contribution in [1.29, 1.82) is 0 Å². The number of likely N-dealkylation sites (tertiary alicyclic amines) is 1. The molecule has 0 saturated carbocycles. The molecule has 1 atom stereocenters. The van der Waals surface area contributed by atoms with Gasteiger partial charge in [0.1, 0.15) is 0 Å². The van der Waals surface area contributed by atoms with Crippen LogP contribution in [-0.2, 0) is 11.2 Å². The molecule has 0 aliphatic carbocycles. The predicted octanol–water partition coefficient (Wildman–Crippen LogP) is 4.66. The molecular formula is C28H31N3O2. The van der Waals surface area contributed by atoms with Crippen molar-refractivity contribution in [2.24, 2.45) is 5.41 Å². The highest BCUT2D eigenvalue weighted by atomic mass is 16.2. The number of carbonyl (C=O) groups excluding carboxylic acids is 2. The molecule has 4 rings (SSSR count). The van der Waals surface area contributed by atoms with Gasteiger partial charge in [0.2, 0.25) is 5.91 Å². The smallest absolute Gasteiger partial charge is 0.255 e. The molecule has 1 aromatic heterocycles. The monoisotopic (exact) mass is 441 g/mol. The van der Waals surface area contributed by atoms with Gasteiger partial charge in [0.25, 0.3) is 5.91 Å². The normalized spacial score (nSPS) is 18.1. The Bertz CT molecular complexity index is 1110. The second kappa shape index (κ2) is 9.99. The van der Waals surface area contributed by atoms with Gasteiger partial charge in [-0.2, -0.15) is 0 Å². The zero-order chi connectivity index (χ0) is 23.3. The molecule has 1 aliphatic rings. The van der Waals surface area contributed by atoms with Crippen LogP contribution in [0.15, 0.2) is 73.1 Å². The zero-order valence-electron chi connectivity index (χ0n) is 19.4. The number of hydrogen-bond acceptors (Lipinski definition) is 3. The zero-order valence-corrected chi connectivity index (χ0v) is 19.4. The Hall–Kier alpha value is -3.47. The summed E-state index contributed by atoms with van der Waals surface area (Å²) in [5, 5.41) is 3.05. The summed E-state index contributed by atoms with van der Waals surface area (Å²) in [5.41, 5.74) is 4.50. The number of aromatic nitrogens is 1. The maximum Gasteiger partial charge on any atom is 0.255 e. The lowest BCUT2D eigenvalue weighted by Gasteiger charge is -2.42. The molecule has 1 saturated heterocycles. The molecule has 1 N–H and O–H groups in total. The van der Waals surface area contributed by atoms with Gasteiger partial charge in [-0.1, -0.05) is 54.1 Å². The number of hydrogen-bond donors (Lipinski definition) is 1. The number of carbonyl (C=O) groups is 2. The second-order valence-corrected chi connectivity index (χ2v) is 8.91. The van der Waals surface area contributed by atoms with Crippen LogP contribution in [0.2, 0.25) is 0 Å². The Kier molecular flexibility index (Phi) is 6.87. The number of nitrogens with zero attached hydrogens (tertiary/aromatic N) is 2.